The Morgan fingerprint density at radius 2 is 1.66 bits per heavy atom. The van der Waals surface area contributed by atoms with Crippen molar-refractivity contribution in [1.82, 2.24) is 15.0 Å². The number of phenols is 1. The maximum absolute atomic E-state index is 11.1. The summed E-state index contributed by atoms with van der Waals surface area (Å²) in [6.07, 6.45) is 4.94. The monoisotopic (exact) mass is 490 g/mol. The van der Waals surface area contributed by atoms with Crippen molar-refractivity contribution in [3.63, 3.8) is 0 Å². The molecule has 0 bridgehead atoms. The molecule has 1 N–H and O–H groups in total. The smallest absolute Gasteiger partial charge is 0.392 e. The first kappa shape index (κ1) is 25.0. The lowest BCUT2D eigenvalue weighted by atomic mass is 9.99. The zero-order valence-corrected chi connectivity index (χ0v) is 23.3. The topological polar surface area (TPSA) is 69.4 Å². The summed E-state index contributed by atoms with van der Waals surface area (Å²) in [6, 6.07) is 12.6. The molecule has 2 aromatic carbocycles. The van der Waals surface area contributed by atoms with Gasteiger partial charge in [-0.1, -0.05) is 25.1 Å². The molecule has 174 valence electrons. The summed E-state index contributed by atoms with van der Waals surface area (Å²) >= 11 is -0.137. The molecule has 0 saturated carbocycles. The lowest BCUT2D eigenvalue weighted by Crippen LogP contribution is -2.49. The highest BCUT2D eigenvalue weighted by Crippen LogP contribution is 2.33. The number of fused-ring (bicyclic) bond motifs is 1. The zero-order chi connectivity index (χ0) is 23.7. The van der Waals surface area contributed by atoms with Crippen molar-refractivity contribution in [1.29, 1.82) is 0 Å². The highest BCUT2D eigenvalue weighted by molar-refractivity contribution is 7.91. The van der Waals surface area contributed by atoms with E-state index in [0.717, 1.165) is 34.6 Å². The van der Waals surface area contributed by atoms with Crippen molar-refractivity contribution in [2.75, 3.05) is 12.5 Å². The second kappa shape index (κ2) is 9.68. The molecule has 3 aromatic rings. The fraction of sp³-hybridized carbons (Fsp3) is 0.478. The molecule has 1 heterocycles. The Hall–Kier alpha value is -1.66. The number of aromatic hydroxyl groups is 1. The lowest BCUT2D eigenvalue weighted by molar-refractivity contribution is 0.394. The van der Waals surface area contributed by atoms with Crippen molar-refractivity contribution < 1.29 is 13.1 Å². The van der Waals surface area contributed by atoms with E-state index in [1.807, 2.05) is 37.3 Å². The molecule has 0 aliphatic rings. The molecule has 2 atom stereocenters. The molecule has 32 heavy (non-hydrogen) atoms. The Bertz CT molecular complexity index is 1050. The number of benzene rings is 2. The molecule has 3 rings (SSSR count). The first-order valence-electron chi connectivity index (χ1n) is 11.0. The molecule has 9 heteroatoms. The number of phenolic OH excluding ortho intramolecular Hbond substituents is 1. The summed E-state index contributed by atoms with van der Waals surface area (Å²) in [6.45, 7) is 13.1. The number of aryl methyl sites for hydroxylation is 1. The van der Waals surface area contributed by atoms with Gasteiger partial charge in [0.05, 0.1) is 0 Å². The molecule has 0 fully saturated rings. The molecule has 6 nitrogen and oxygen atoms in total. The maximum Gasteiger partial charge on any atom is 0.392 e. The van der Waals surface area contributed by atoms with Gasteiger partial charge in [0.25, 0.3) is 0 Å². The maximum atomic E-state index is 11.1. The fourth-order valence-electron chi connectivity index (χ4n) is 4.28. The summed E-state index contributed by atoms with van der Waals surface area (Å²) in [7, 11) is -4.07. The number of hydrogen-bond acceptors (Lipinski definition) is 5. The van der Waals surface area contributed by atoms with E-state index < -0.39 is 16.9 Å². The Morgan fingerprint density at radius 3 is 2.19 bits per heavy atom. The van der Waals surface area contributed by atoms with Gasteiger partial charge in [0.1, 0.15) is 46.2 Å². The quantitative estimate of drug-likeness (QED) is 0.324. The van der Waals surface area contributed by atoms with Crippen LogP contribution in [-0.2, 0) is 25.6 Å². The number of nitrogens with zero attached hydrogens (tertiary/aromatic N) is 3. The average molecular weight is 491 g/mol. The van der Waals surface area contributed by atoms with Crippen LogP contribution in [-0.4, -0.2) is 49.5 Å². The zero-order valence-electron chi connectivity index (χ0n) is 20.5. The van der Waals surface area contributed by atoms with Crippen LogP contribution in [0.15, 0.2) is 36.4 Å². The number of hydrogen-bond donors (Lipinski definition) is 1. The Kier molecular flexibility index (Phi) is 7.56. The second-order valence-corrected chi connectivity index (χ2v) is 19.8. The molecular weight excluding hydrogens is 455 g/mol. The lowest BCUT2D eigenvalue weighted by Gasteiger charge is -2.32. The van der Waals surface area contributed by atoms with Crippen LogP contribution in [0.2, 0.25) is 32.2 Å². The third kappa shape index (κ3) is 6.44. The van der Waals surface area contributed by atoms with Crippen LogP contribution in [0.4, 0.5) is 0 Å². The molecule has 0 amide bonds. The Morgan fingerprint density at radius 1 is 1.06 bits per heavy atom. The summed E-state index contributed by atoms with van der Waals surface area (Å²) in [5.41, 5.74) is 4.20. The van der Waals surface area contributed by atoms with E-state index in [1.54, 1.807) is 0 Å². The third-order valence-electron chi connectivity index (χ3n) is 4.97. The molecule has 2 unspecified atom stereocenters. The van der Waals surface area contributed by atoms with Crippen LogP contribution in [0, 0.1) is 12.8 Å². The highest BCUT2D eigenvalue weighted by atomic mass is 32.2. The van der Waals surface area contributed by atoms with Crippen LogP contribution in [0.5, 0.6) is 5.75 Å². The minimum Gasteiger partial charge on any atom is -0.505 e. The molecule has 0 aliphatic heterocycles. The van der Waals surface area contributed by atoms with E-state index in [1.165, 1.54) is 4.80 Å². The standard InChI is InChI=1S/C23H35N3O3SSi2/c1-17-13-19(14-18(2)16-32(8,28-30(3)4)29-31(5,6)7)23(27)22(15-17)26-24-20-11-9-10-12-21(20)25-26/h9-13,15,18H,14,16H2,1-8H3/p+1. The van der Waals surface area contributed by atoms with Gasteiger partial charge in [0.15, 0.2) is 8.32 Å². The van der Waals surface area contributed by atoms with E-state index in [2.05, 4.69) is 61.9 Å². The molecule has 0 radical (unpaired) electrons. The van der Waals surface area contributed by atoms with Crippen molar-refractivity contribution in [3.8, 4) is 11.4 Å². The van der Waals surface area contributed by atoms with Crippen LogP contribution >= 0.6 is 0 Å². The summed E-state index contributed by atoms with van der Waals surface area (Å²) in [4.78, 5) is 1.54. The van der Waals surface area contributed by atoms with Gasteiger partial charge in [0, 0.05) is 0 Å². The summed E-state index contributed by atoms with van der Waals surface area (Å²) in [5.74, 6) is 0.542. The van der Waals surface area contributed by atoms with Gasteiger partial charge in [-0.05, 0) is 80.8 Å². The SMILES string of the molecule is Cc1cc(CC(C)C[Si](C)(O[S+](C)C)O[Si](C)(C)C)c(O)c(-n2nc3ccccc3n2)c1. The van der Waals surface area contributed by atoms with Crippen molar-refractivity contribution in [3.05, 3.63) is 47.5 Å². The normalized spacial score (nSPS) is 15.3. The minimum absolute atomic E-state index is 0.137. The van der Waals surface area contributed by atoms with E-state index in [-0.39, 0.29) is 16.9 Å². The average Bonchev–Trinajstić information content (AvgIpc) is 3.05. The van der Waals surface area contributed by atoms with Crippen LogP contribution in [0.3, 0.4) is 0 Å². The molecule has 0 spiro atoms. The van der Waals surface area contributed by atoms with Crippen LogP contribution < -0.4 is 0 Å². The predicted octanol–water partition coefficient (Wildman–Crippen LogP) is 5.35. The Labute approximate surface area is 196 Å². The third-order valence-corrected chi connectivity index (χ3v) is 13.3. The van der Waals surface area contributed by atoms with Crippen molar-refractivity contribution in [2.45, 2.75) is 52.5 Å². The molecule has 1 aromatic heterocycles. The van der Waals surface area contributed by atoms with Gasteiger partial charge in [-0.3, -0.25) is 0 Å². The van der Waals surface area contributed by atoms with Gasteiger partial charge in [0.2, 0.25) is 0 Å². The first-order valence-corrected chi connectivity index (χ1v) is 18.9. The van der Waals surface area contributed by atoms with Gasteiger partial charge in [-0.25, -0.2) is 0 Å². The summed E-state index contributed by atoms with van der Waals surface area (Å²) in [5, 5.41) is 20.2. The number of rotatable bonds is 9. The Balaban J connectivity index is 1.86. The molecule has 0 saturated heterocycles. The van der Waals surface area contributed by atoms with Gasteiger partial charge in [-0.2, -0.15) is 3.87 Å². The second-order valence-electron chi connectivity index (χ2n) is 9.96. The van der Waals surface area contributed by atoms with E-state index >= 15 is 0 Å². The van der Waals surface area contributed by atoms with Crippen LogP contribution in [0.1, 0.15) is 18.1 Å². The van der Waals surface area contributed by atoms with Crippen molar-refractivity contribution in [2.24, 2.45) is 5.92 Å². The highest BCUT2D eigenvalue weighted by Gasteiger charge is 2.43. The van der Waals surface area contributed by atoms with Crippen LogP contribution in [0.25, 0.3) is 16.7 Å². The van der Waals surface area contributed by atoms with Crippen molar-refractivity contribution >= 4 is 39.1 Å². The first-order chi connectivity index (χ1) is 14.8. The van der Waals surface area contributed by atoms with E-state index in [0.29, 0.717) is 11.6 Å². The fourth-order valence-corrected chi connectivity index (χ4v) is 14.7. The minimum atomic E-state index is -2.33. The molecular formula is C23H36N3O3SSi2+. The predicted molar refractivity (Wildman–Crippen MR) is 139 cm³/mol. The van der Waals surface area contributed by atoms with Gasteiger partial charge >= 0.3 is 8.56 Å². The number of aromatic nitrogens is 3. The van der Waals surface area contributed by atoms with Gasteiger partial charge in [-0.15, -0.1) is 15.0 Å². The summed E-state index contributed by atoms with van der Waals surface area (Å²) < 4.78 is 13.0. The van der Waals surface area contributed by atoms with Gasteiger partial charge < -0.3 is 9.22 Å². The van der Waals surface area contributed by atoms with E-state index in [4.69, 9.17) is 7.99 Å². The molecule has 0 aliphatic carbocycles. The van der Waals surface area contributed by atoms with E-state index in [9.17, 15) is 5.11 Å². The largest absolute Gasteiger partial charge is 0.505 e.